The largest absolute Gasteiger partial charge is 0.467 e. The van der Waals surface area contributed by atoms with Gasteiger partial charge in [-0.25, -0.2) is 17.8 Å². The van der Waals surface area contributed by atoms with Crippen LogP contribution in [0.25, 0.3) is 11.3 Å². The van der Waals surface area contributed by atoms with E-state index in [1.807, 2.05) is 16.0 Å². The third-order valence-electron chi connectivity index (χ3n) is 5.51. The molecule has 176 valence electrons. The number of morpholine rings is 1. The van der Waals surface area contributed by atoms with Gasteiger partial charge in [-0.2, -0.15) is 4.31 Å². The van der Waals surface area contributed by atoms with Gasteiger partial charge in [-0.3, -0.25) is 0 Å². The molecule has 2 aromatic carbocycles. The van der Waals surface area contributed by atoms with Crippen LogP contribution < -0.4 is 4.80 Å². The molecule has 0 aliphatic carbocycles. The Bertz CT molecular complexity index is 1440. The second-order valence-corrected chi connectivity index (χ2v) is 10.4. The third-order valence-corrected chi connectivity index (χ3v) is 8.29. The normalized spacial score (nSPS) is 15.6. The summed E-state index contributed by atoms with van der Waals surface area (Å²) in [5.41, 5.74) is 1.75. The van der Waals surface area contributed by atoms with E-state index in [0.29, 0.717) is 60.4 Å². The van der Waals surface area contributed by atoms with E-state index in [2.05, 4.69) is 0 Å². The minimum atomic E-state index is -3.58. The van der Waals surface area contributed by atoms with Crippen LogP contribution in [0.3, 0.4) is 0 Å². The molecule has 1 aliphatic heterocycles. The average molecular weight is 500 g/mol. The van der Waals surface area contributed by atoms with Gasteiger partial charge in [0, 0.05) is 24.0 Å². The van der Waals surface area contributed by atoms with Crippen LogP contribution in [0.2, 0.25) is 0 Å². The maximum absolute atomic E-state index is 14.5. The molecule has 7 nitrogen and oxygen atoms in total. The number of hydrogen-bond donors (Lipinski definition) is 0. The second-order valence-electron chi connectivity index (χ2n) is 7.67. The first-order valence-electron chi connectivity index (χ1n) is 10.7. The average Bonchev–Trinajstić information content (AvgIpc) is 3.51. The summed E-state index contributed by atoms with van der Waals surface area (Å²) in [5, 5.41) is 1.86. The predicted molar refractivity (Wildman–Crippen MR) is 127 cm³/mol. The second kappa shape index (κ2) is 9.67. The Kier molecular flexibility index (Phi) is 6.46. The molecular weight excluding hydrogens is 477 g/mol. The van der Waals surface area contributed by atoms with Crippen molar-refractivity contribution in [2.24, 2.45) is 4.99 Å². The highest BCUT2D eigenvalue weighted by atomic mass is 32.2. The zero-order valence-electron chi connectivity index (χ0n) is 18.1. The van der Waals surface area contributed by atoms with Gasteiger partial charge in [0.25, 0.3) is 0 Å². The van der Waals surface area contributed by atoms with Crippen molar-refractivity contribution < 1.29 is 22.0 Å². The van der Waals surface area contributed by atoms with E-state index >= 15 is 0 Å². The molecule has 0 unspecified atom stereocenters. The Morgan fingerprint density at radius 3 is 2.47 bits per heavy atom. The molecule has 5 rings (SSSR count). The fourth-order valence-corrected chi connectivity index (χ4v) is 6.08. The summed E-state index contributed by atoms with van der Waals surface area (Å²) in [6.07, 6.45) is 1.59. The molecule has 3 heterocycles. The maximum Gasteiger partial charge on any atom is 0.243 e. The highest BCUT2D eigenvalue weighted by Crippen LogP contribution is 2.25. The summed E-state index contributed by atoms with van der Waals surface area (Å²) in [6, 6.07) is 16.7. The fourth-order valence-electron chi connectivity index (χ4n) is 3.75. The first-order valence-corrected chi connectivity index (χ1v) is 13.0. The van der Waals surface area contributed by atoms with E-state index < -0.39 is 10.0 Å². The van der Waals surface area contributed by atoms with Crippen LogP contribution in [0, 0.1) is 5.82 Å². The van der Waals surface area contributed by atoms with Gasteiger partial charge in [-0.05, 0) is 48.5 Å². The maximum atomic E-state index is 14.5. The number of hydrogen-bond acceptors (Lipinski definition) is 6. The molecule has 4 aromatic rings. The molecule has 0 spiro atoms. The first kappa shape index (κ1) is 22.7. The fraction of sp³-hybridized carbons (Fsp3) is 0.208. The number of furan rings is 1. The van der Waals surface area contributed by atoms with Crippen LogP contribution in [0.1, 0.15) is 5.76 Å². The lowest BCUT2D eigenvalue weighted by molar-refractivity contribution is 0.0730. The zero-order valence-corrected chi connectivity index (χ0v) is 19.8. The molecule has 1 aliphatic rings. The minimum Gasteiger partial charge on any atom is -0.467 e. The highest BCUT2D eigenvalue weighted by molar-refractivity contribution is 7.89. The molecule has 1 fully saturated rings. The molecule has 10 heteroatoms. The van der Waals surface area contributed by atoms with Gasteiger partial charge in [-0.15, -0.1) is 11.3 Å². The van der Waals surface area contributed by atoms with Crippen LogP contribution in [-0.2, 0) is 21.3 Å². The van der Waals surface area contributed by atoms with Crippen molar-refractivity contribution in [3.63, 3.8) is 0 Å². The van der Waals surface area contributed by atoms with Gasteiger partial charge >= 0.3 is 0 Å². The standard InChI is InChI=1S/C24H22FN3O4S2/c25-22-6-2-1-5-21(22)23-17-33-24(28(23)16-19-4-3-13-32-19)26-18-7-9-20(10-8-18)34(29,30)27-11-14-31-15-12-27/h1-10,13,17H,11-12,14-16H2. The van der Waals surface area contributed by atoms with Crippen LogP contribution in [0.4, 0.5) is 10.1 Å². The minimum absolute atomic E-state index is 0.218. The van der Waals surface area contributed by atoms with Crippen molar-refractivity contribution in [3.8, 4) is 11.3 Å². The van der Waals surface area contributed by atoms with Crippen molar-refractivity contribution in [2.45, 2.75) is 11.4 Å². The van der Waals surface area contributed by atoms with Crippen molar-refractivity contribution in [1.82, 2.24) is 8.87 Å². The number of benzene rings is 2. The Hall–Kier alpha value is -3.05. The molecule has 0 N–H and O–H groups in total. The van der Waals surface area contributed by atoms with Crippen molar-refractivity contribution in [3.05, 3.63) is 88.7 Å². The highest BCUT2D eigenvalue weighted by Gasteiger charge is 2.26. The lowest BCUT2D eigenvalue weighted by Crippen LogP contribution is -2.40. The van der Waals surface area contributed by atoms with E-state index in [-0.39, 0.29) is 10.7 Å². The Morgan fingerprint density at radius 1 is 1.00 bits per heavy atom. The summed E-state index contributed by atoms with van der Waals surface area (Å²) in [4.78, 5) is 5.58. The van der Waals surface area contributed by atoms with E-state index in [9.17, 15) is 12.8 Å². The van der Waals surface area contributed by atoms with Gasteiger partial charge in [0.05, 0.1) is 42.3 Å². The summed E-state index contributed by atoms with van der Waals surface area (Å²) in [5.74, 6) is 0.391. The molecule has 0 saturated carbocycles. The van der Waals surface area contributed by atoms with E-state index in [4.69, 9.17) is 14.1 Å². The van der Waals surface area contributed by atoms with Crippen LogP contribution in [0.15, 0.2) is 86.6 Å². The van der Waals surface area contributed by atoms with Crippen molar-refractivity contribution in [2.75, 3.05) is 26.3 Å². The van der Waals surface area contributed by atoms with E-state index in [0.717, 1.165) is 0 Å². The number of sulfonamides is 1. The molecule has 0 bridgehead atoms. The number of ether oxygens (including phenoxy) is 1. The smallest absolute Gasteiger partial charge is 0.243 e. The number of nitrogens with zero attached hydrogens (tertiary/aromatic N) is 3. The topological polar surface area (TPSA) is 77.0 Å². The Morgan fingerprint density at radius 2 is 1.76 bits per heavy atom. The molecule has 0 radical (unpaired) electrons. The number of rotatable bonds is 6. The zero-order chi connectivity index (χ0) is 23.5. The van der Waals surface area contributed by atoms with E-state index in [1.165, 1.54) is 21.7 Å². The number of aromatic nitrogens is 1. The van der Waals surface area contributed by atoms with Gasteiger partial charge in [-0.1, -0.05) is 12.1 Å². The van der Waals surface area contributed by atoms with E-state index in [1.54, 1.807) is 54.8 Å². The first-order chi connectivity index (χ1) is 16.5. The SMILES string of the molecule is O=S(=O)(c1ccc(N=c2scc(-c3ccccc3F)n2Cc2ccco2)cc1)N1CCOCC1. The van der Waals surface area contributed by atoms with Gasteiger partial charge in [0.15, 0.2) is 4.80 Å². The monoisotopic (exact) mass is 499 g/mol. The molecular formula is C24H22FN3O4S2. The van der Waals surface area contributed by atoms with Gasteiger partial charge in [0.1, 0.15) is 11.6 Å². The summed E-state index contributed by atoms with van der Waals surface area (Å²) in [7, 11) is -3.58. The molecule has 0 atom stereocenters. The quantitative estimate of drug-likeness (QED) is 0.397. The molecule has 2 aromatic heterocycles. The lowest BCUT2D eigenvalue weighted by atomic mass is 10.1. The molecule has 0 amide bonds. The van der Waals surface area contributed by atoms with Crippen LogP contribution in [-0.4, -0.2) is 43.6 Å². The lowest BCUT2D eigenvalue weighted by Gasteiger charge is -2.26. The van der Waals surface area contributed by atoms with Gasteiger partial charge < -0.3 is 13.7 Å². The Balaban J connectivity index is 1.51. The van der Waals surface area contributed by atoms with Crippen molar-refractivity contribution in [1.29, 1.82) is 0 Å². The van der Waals surface area contributed by atoms with Crippen LogP contribution >= 0.6 is 11.3 Å². The van der Waals surface area contributed by atoms with Crippen molar-refractivity contribution >= 4 is 27.0 Å². The Labute approximate surface area is 200 Å². The summed E-state index contributed by atoms with van der Waals surface area (Å²) >= 11 is 1.38. The number of halogens is 1. The summed E-state index contributed by atoms with van der Waals surface area (Å²) < 4.78 is 54.4. The molecule has 1 saturated heterocycles. The predicted octanol–water partition coefficient (Wildman–Crippen LogP) is 4.25. The number of thiazole rings is 1. The van der Waals surface area contributed by atoms with Gasteiger partial charge in [0.2, 0.25) is 10.0 Å². The van der Waals surface area contributed by atoms with Crippen LogP contribution in [0.5, 0.6) is 0 Å². The molecule has 34 heavy (non-hydrogen) atoms. The summed E-state index contributed by atoms with van der Waals surface area (Å²) in [6.45, 7) is 1.85. The third kappa shape index (κ3) is 4.62.